The zero-order valence-electron chi connectivity index (χ0n) is 20.3. The third-order valence-electron chi connectivity index (χ3n) is 6.24. The highest BCUT2D eigenvalue weighted by Crippen LogP contribution is 2.49. The highest BCUT2D eigenvalue weighted by atomic mass is 16.5. The van der Waals surface area contributed by atoms with Crippen molar-refractivity contribution in [2.45, 2.75) is 80.6 Å². The minimum absolute atomic E-state index is 0.0503. The van der Waals surface area contributed by atoms with Crippen molar-refractivity contribution in [3.8, 4) is 0 Å². The molecule has 0 aliphatic heterocycles. The van der Waals surface area contributed by atoms with E-state index in [1.54, 1.807) is 41.5 Å². The van der Waals surface area contributed by atoms with Crippen LogP contribution in [0.4, 0.5) is 0 Å². The summed E-state index contributed by atoms with van der Waals surface area (Å²) in [6.45, 7) is 11.1. The second-order valence-electron chi connectivity index (χ2n) is 9.88. The van der Waals surface area contributed by atoms with Gasteiger partial charge in [0.25, 0.3) is 0 Å². The molecular weight excluding hydrogens is 404 g/mol. The predicted molar refractivity (Wildman–Crippen MR) is 115 cm³/mol. The van der Waals surface area contributed by atoms with Gasteiger partial charge in [-0.15, -0.1) is 0 Å². The molecule has 0 radical (unpaired) electrons. The van der Waals surface area contributed by atoms with Gasteiger partial charge in [-0.25, -0.2) is 0 Å². The number of methoxy groups -OCH3 is 1. The monoisotopic (exact) mass is 444 g/mol. The minimum atomic E-state index is -1.44. The van der Waals surface area contributed by atoms with Gasteiger partial charge in [0.2, 0.25) is 0 Å². The first-order chi connectivity index (χ1) is 14.1. The van der Waals surface area contributed by atoms with E-state index >= 15 is 0 Å². The molecule has 0 aliphatic carbocycles. The second-order valence-corrected chi connectivity index (χ2v) is 9.88. The number of carboxylic acids is 1. The fourth-order valence-electron chi connectivity index (χ4n) is 4.60. The van der Waals surface area contributed by atoms with Crippen molar-refractivity contribution in [1.29, 1.82) is 0 Å². The number of carbonyl (C=O) groups is 4. The summed E-state index contributed by atoms with van der Waals surface area (Å²) < 4.78 is 9.96. The first kappa shape index (κ1) is 29.0. The smallest absolute Gasteiger partial charge is 0.311 e. The Labute approximate surface area is 185 Å². The van der Waals surface area contributed by atoms with Gasteiger partial charge in [-0.2, -0.15) is 0 Å². The zero-order valence-corrected chi connectivity index (χ0v) is 20.3. The van der Waals surface area contributed by atoms with Gasteiger partial charge in [-0.3, -0.25) is 19.2 Å². The Kier molecular flexibility index (Phi) is 10.4. The molecule has 8 nitrogen and oxygen atoms in total. The Morgan fingerprint density at radius 2 is 1.32 bits per heavy atom. The summed E-state index contributed by atoms with van der Waals surface area (Å²) in [5, 5.41) is 19.1. The predicted octanol–water partition coefficient (Wildman–Crippen LogP) is 3.38. The number of aliphatic carboxylic acids is 1. The van der Waals surface area contributed by atoms with Crippen LogP contribution in [-0.4, -0.2) is 54.2 Å². The van der Waals surface area contributed by atoms with Gasteiger partial charge < -0.3 is 19.7 Å². The van der Waals surface area contributed by atoms with Crippen LogP contribution in [0.25, 0.3) is 0 Å². The van der Waals surface area contributed by atoms with Crippen LogP contribution in [0.5, 0.6) is 0 Å². The molecule has 0 aliphatic rings. The number of aliphatic hydroxyl groups excluding tert-OH is 1. The molecule has 0 saturated heterocycles. The lowest BCUT2D eigenvalue weighted by atomic mass is 9.60. The first-order valence-electron chi connectivity index (χ1n) is 10.7. The third kappa shape index (κ3) is 7.30. The van der Waals surface area contributed by atoms with Crippen LogP contribution in [0.1, 0.15) is 80.6 Å². The van der Waals surface area contributed by atoms with Crippen molar-refractivity contribution in [3.05, 3.63) is 0 Å². The molecule has 0 saturated carbocycles. The van der Waals surface area contributed by atoms with Crippen LogP contribution >= 0.6 is 0 Å². The number of carbonyl (C=O) groups excluding carboxylic acids is 3. The van der Waals surface area contributed by atoms with Gasteiger partial charge in [-0.05, 0) is 53.4 Å². The molecule has 31 heavy (non-hydrogen) atoms. The van der Waals surface area contributed by atoms with Crippen molar-refractivity contribution >= 4 is 23.7 Å². The second kappa shape index (κ2) is 11.1. The van der Waals surface area contributed by atoms with Crippen LogP contribution in [-0.2, 0) is 28.7 Å². The summed E-state index contributed by atoms with van der Waals surface area (Å²) in [6, 6.07) is 0. The largest absolute Gasteiger partial charge is 0.481 e. The normalized spacial score (nSPS) is 17.6. The van der Waals surface area contributed by atoms with E-state index in [0.29, 0.717) is 6.42 Å². The van der Waals surface area contributed by atoms with E-state index in [-0.39, 0.29) is 44.7 Å². The topological polar surface area (TPSA) is 127 Å². The number of aliphatic hydroxyl groups is 1. The van der Waals surface area contributed by atoms with Gasteiger partial charge in [0.1, 0.15) is 12.4 Å². The van der Waals surface area contributed by atoms with Gasteiger partial charge in [0.05, 0.1) is 30.0 Å². The maximum absolute atomic E-state index is 13.0. The van der Waals surface area contributed by atoms with Gasteiger partial charge >= 0.3 is 17.9 Å². The summed E-state index contributed by atoms with van der Waals surface area (Å²) in [5.74, 6) is -2.35. The first-order valence-corrected chi connectivity index (χ1v) is 10.7. The molecule has 2 N–H and O–H groups in total. The quantitative estimate of drug-likeness (QED) is 0.390. The van der Waals surface area contributed by atoms with Crippen LogP contribution in [0.15, 0.2) is 0 Å². The van der Waals surface area contributed by atoms with Crippen LogP contribution in [0, 0.1) is 21.7 Å². The minimum Gasteiger partial charge on any atom is -0.481 e. The van der Waals surface area contributed by atoms with E-state index in [1.165, 1.54) is 14.0 Å². The van der Waals surface area contributed by atoms with E-state index in [2.05, 4.69) is 0 Å². The number of hydrogen-bond donors (Lipinski definition) is 2. The molecule has 0 heterocycles. The molecule has 0 spiro atoms. The van der Waals surface area contributed by atoms with Crippen LogP contribution in [0.3, 0.4) is 0 Å². The van der Waals surface area contributed by atoms with E-state index in [0.717, 1.165) is 0 Å². The van der Waals surface area contributed by atoms with E-state index in [9.17, 15) is 24.3 Å². The molecule has 3 atom stereocenters. The highest BCUT2D eigenvalue weighted by Gasteiger charge is 2.51. The SMILES string of the molecule is CCC(=O)C(C)(CC(C)(C)C(=O)OC)CC(C)(CC(C)(CC)C(=O)OCCO)C(=O)O. The molecule has 0 aromatic heterocycles. The fraction of sp³-hybridized carbons (Fsp3) is 0.826. The summed E-state index contributed by atoms with van der Waals surface area (Å²) in [4.78, 5) is 50.2. The Morgan fingerprint density at radius 1 is 0.806 bits per heavy atom. The van der Waals surface area contributed by atoms with Crippen molar-refractivity contribution in [1.82, 2.24) is 0 Å². The van der Waals surface area contributed by atoms with Gasteiger partial charge in [0, 0.05) is 11.8 Å². The number of hydrogen-bond acceptors (Lipinski definition) is 7. The Hall–Kier alpha value is -1.96. The molecule has 8 heteroatoms. The zero-order chi connectivity index (χ0) is 24.7. The highest BCUT2D eigenvalue weighted by molar-refractivity contribution is 5.87. The maximum atomic E-state index is 13.0. The molecule has 180 valence electrons. The number of Topliss-reactive ketones (excluding diaryl/α,β-unsaturated/α-hetero) is 1. The van der Waals surface area contributed by atoms with Crippen molar-refractivity contribution in [3.63, 3.8) is 0 Å². The van der Waals surface area contributed by atoms with Crippen molar-refractivity contribution in [2.24, 2.45) is 21.7 Å². The lowest BCUT2D eigenvalue weighted by molar-refractivity contribution is -0.164. The molecule has 0 aromatic rings. The molecular formula is C23H40O8. The number of esters is 2. The number of ether oxygens (including phenoxy) is 2. The van der Waals surface area contributed by atoms with Crippen molar-refractivity contribution in [2.75, 3.05) is 20.3 Å². The maximum Gasteiger partial charge on any atom is 0.311 e. The Bertz CT molecular complexity index is 670. The average Bonchev–Trinajstić information content (AvgIpc) is 2.69. The number of rotatable bonds is 14. The number of ketones is 1. The van der Waals surface area contributed by atoms with Gasteiger partial charge in [0.15, 0.2) is 0 Å². The van der Waals surface area contributed by atoms with Crippen molar-refractivity contribution < 1.29 is 38.9 Å². The molecule has 0 rings (SSSR count). The van der Waals surface area contributed by atoms with E-state index < -0.39 is 39.6 Å². The summed E-state index contributed by atoms with van der Waals surface area (Å²) >= 11 is 0. The summed E-state index contributed by atoms with van der Waals surface area (Å²) in [6.07, 6.45) is 0.520. The Balaban J connectivity index is 6.17. The molecule has 0 bridgehead atoms. The van der Waals surface area contributed by atoms with Gasteiger partial charge in [-0.1, -0.05) is 20.8 Å². The summed E-state index contributed by atoms with van der Waals surface area (Å²) in [7, 11) is 1.27. The molecule has 0 aromatic carbocycles. The Morgan fingerprint density at radius 3 is 1.71 bits per heavy atom. The standard InChI is InChI=1S/C23H40O8/c1-9-16(25)22(6,13-20(3,4)18(28)30-8)15-23(7,17(26)27)14-21(5,10-2)19(29)31-12-11-24/h24H,9-15H2,1-8H3,(H,26,27). The number of carboxylic acid groups (broad SMARTS) is 1. The van der Waals surface area contributed by atoms with Crippen LogP contribution in [0.2, 0.25) is 0 Å². The lowest BCUT2D eigenvalue weighted by Crippen LogP contribution is -2.46. The van der Waals surface area contributed by atoms with Crippen LogP contribution < -0.4 is 0 Å². The molecule has 0 amide bonds. The average molecular weight is 445 g/mol. The van der Waals surface area contributed by atoms with E-state index in [4.69, 9.17) is 14.6 Å². The lowest BCUT2D eigenvalue weighted by Gasteiger charge is -2.42. The molecule has 0 fully saturated rings. The third-order valence-corrected chi connectivity index (χ3v) is 6.24. The fourth-order valence-corrected chi connectivity index (χ4v) is 4.60. The summed E-state index contributed by atoms with van der Waals surface area (Å²) in [5.41, 5.74) is -4.67. The van der Waals surface area contributed by atoms with E-state index in [1.807, 2.05) is 0 Å². The molecule has 3 unspecified atom stereocenters.